The number of piperidine rings is 1. The monoisotopic (exact) mass is 279 g/mol. The Morgan fingerprint density at radius 1 is 1.30 bits per heavy atom. The van der Waals surface area contributed by atoms with Crippen LogP contribution in [0.4, 0.5) is 0 Å². The molecule has 1 saturated heterocycles. The van der Waals surface area contributed by atoms with Gasteiger partial charge in [-0.1, -0.05) is 18.2 Å². The summed E-state index contributed by atoms with van der Waals surface area (Å²) in [6, 6.07) is 5.47. The molecule has 6 nitrogen and oxygen atoms in total. The molecule has 6 heteroatoms. The topological polar surface area (TPSA) is 98.1 Å². The number of aliphatic carboxylic acids is 1. The highest BCUT2D eigenvalue weighted by atomic mass is 16.4. The highest BCUT2D eigenvalue weighted by Crippen LogP contribution is 2.22. The van der Waals surface area contributed by atoms with Gasteiger partial charge in [-0.25, -0.2) is 4.79 Å². The van der Waals surface area contributed by atoms with Gasteiger partial charge in [0.2, 0.25) is 5.91 Å². The van der Waals surface area contributed by atoms with Crippen LogP contribution < -0.4 is 0 Å². The third-order valence-corrected chi connectivity index (χ3v) is 3.51. The van der Waals surface area contributed by atoms with Crippen LogP contribution in [0.1, 0.15) is 18.4 Å². The van der Waals surface area contributed by atoms with Gasteiger partial charge in [0.15, 0.2) is 0 Å². The number of aliphatic hydroxyl groups excluding tert-OH is 1. The van der Waals surface area contributed by atoms with Crippen LogP contribution >= 0.6 is 0 Å². The Morgan fingerprint density at radius 3 is 2.65 bits per heavy atom. The quantitative estimate of drug-likeness (QED) is 0.742. The van der Waals surface area contributed by atoms with Crippen LogP contribution in [0.5, 0.6) is 5.75 Å². The zero-order valence-corrected chi connectivity index (χ0v) is 10.9. The summed E-state index contributed by atoms with van der Waals surface area (Å²) in [5.41, 5.74) is 0.466. The third-order valence-electron chi connectivity index (χ3n) is 3.51. The number of nitrogens with zero attached hydrogens (tertiary/aromatic N) is 1. The molecule has 0 radical (unpaired) electrons. The maximum Gasteiger partial charge on any atom is 0.326 e. The minimum absolute atomic E-state index is 0.0183. The lowest BCUT2D eigenvalue weighted by molar-refractivity contribution is -0.154. The molecule has 1 aromatic carbocycles. The summed E-state index contributed by atoms with van der Waals surface area (Å²) in [6.45, 7) is 0.213. The number of benzene rings is 1. The first-order valence-corrected chi connectivity index (χ1v) is 6.46. The minimum Gasteiger partial charge on any atom is -0.508 e. The lowest BCUT2D eigenvalue weighted by Gasteiger charge is -2.35. The van der Waals surface area contributed by atoms with E-state index in [1.165, 1.54) is 11.0 Å². The van der Waals surface area contributed by atoms with Crippen molar-refractivity contribution < 1.29 is 24.9 Å². The number of hydrogen-bond donors (Lipinski definition) is 3. The van der Waals surface area contributed by atoms with E-state index in [-0.39, 0.29) is 31.0 Å². The minimum atomic E-state index is -1.12. The van der Waals surface area contributed by atoms with Crippen molar-refractivity contribution in [3.8, 4) is 5.75 Å². The number of carbonyl (C=O) groups excluding carboxylic acids is 1. The number of amides is 1. The van der Waals surface area contributed by atoms with Crippen LogP contribution in [0.3, 0.4) is 0 Å². The second kappa shape index (κ2) is 5.92. The number of rotatable bonds is 3. The molecule has 1 aliphatic rings. The summed E-state index contributed by atoms with van der Waals surface area (Å²) in [6.07, 6.45) is -0.324. The molecule has 108 valence electrons. The first-order valence-electron chi connectivity index (χ1n) is 6.46. The normalized spacial score (nSPS) is 22.6. The Bertz CT molecular complexity index is 516. The first-order chi connectivity index (χ1) is 9.49. The summed E-state index contributed by atoms with van der Waals surface area (Å²) in [5.74, 6) is -1.45. The van der Waals surface area contributed by atoms with E-state index in [9.17, 15) is 19.8 Å². The van der Waals surface area contributed by atoms with Crippen molar-refractivity contribution in [2.24, 2.45) is 0 Å². The van der Waals surface area contributed by atoms with E-state index < -0.39 is 18.1 Å². The van der Waals surface area contributed by atoms with Crippen LogP contribution in [0, 0.1) is 0 Å². The van der Waals surface area contributed by atoms with Crippen molar-refractivity contribution in [3.05, 3.63) is 29.8 Å². The smallest absolute Gasteiger partial charge is 0.326 e. The SMILES string of the molecule is O=C(O)[C@H]1C[C@@H](O)CCN1C(=O)Cc1ccccc1O. The zero-order chi connectivity index (χ0) is 14.7. The van der Waals surface area contributed by atoms with Crippen molar-refractivity contribution in [1.82, 2.24) is 4.90 Å². The Kier molecular flexibility index (Phi) is 4.24. The molecule has 2 atom stereocenters. The van der Waals surface area contributed by atoms with Gasteiger partial charge >= 0.3 is 5.97 Å². The second-order valence-corrected chi connectivity index (χ2v) is 4.92. The van der Waals surface area contributed by atoms with Crippen LogP contribution in [0.25, 0.3) is 0 Å². The third kappa shape index (κ3) is 3.08. The summed E-state index contributed by atoms with van der Waals surface area (Å²) in [5, 5.41) is 28.3. The molecule has 20 heavy (non-hydrogen) atoms. The number of hydrogen-bond acceptors (Lipinski definition) is 4. The largest absolute Gasteiger partial charge is 0.508 e. The van der Waals surface area contributed by atoms with Gasteiger partial charge in [0.1, 0.15) is 11.8 Å². The molecule has 0 aliphatic carbocycles. The molecule has 1 fully saturated rings. The number of para-hydroxylation sites is 1. The molecule has 0 unspecified atom stereocenters. The fourth-order valence-corrected chi connectivity index (χ4v) is 2.40. The van der Waals surface area contributed by atoms with E-state index in [1.807, 2.05) is 0 Å². The fraction of sp³-hybridized carbons (Fsp3) is 0.429. The molecule has 1 amide bonds. The van der Waals surface area contributed by atoms with Gasteiger partial charge in [0, 0.05) is 18.5 Å². The molecule has 0 aromatic heterocycles. The standard InChI is InChI=1S/C14H17NO5/c16-10-5-6-15(11(8-10)14(19)20)13(18)7-9-3-1-2-4-12(9)17/h1-4,10-11,16-17H,5-8H2,(H,19,20)/t10-,11+/m0/s1. The van der Waals surface area contributed by atoms with Gasteiger partial charge in [-0.3, -0.25) is 4.79 Å². The second-order valence-electron chi connectivity index (χ2n) is 4.92. The molecule has 0 spiro atoms. The number of likely N-dealkylation sites (tertiary alicyclic amines) is 1. The molecule has 1 heterocycles. The summed E-state index contributed by atoms with van der Waals surface area (Å²) < 4.78 is 0. The number of carboxylic acid groups (broad SMARTS) is 1. The molecule has 2 rings (SSSR count). The molecule has 0 saturated carbocycles. The number of aromatic hydroxyl groups is 1. The summed E-state index contributed by atoms with van der Waals surface area (Å²) >= 11 is 0. The van der Waals surface area contributed by atoms with E-state index in [2.05, 4.69) is 0 Å². The molecule has 3 N–H and O–H groups in total. The van der Waals surface area contributed by atoms with Crippen LogP contribution in [-0.2, 0) is 16.0 Å². The lowest BCUT2D eigenvalue weighted by atomic mass is 9.98. The Hall–Kier alpha value is -2.08. The zero-order valence-electron chi connectivity index (χ0n) is 10.9. The number of phenols is 1. The van der Waals surface area contributed by atoms with Crippen LogP contribution in [0.2, 0.25) is 0 Å². The Morgan fingerprint density at radius 2 is 2.00 bits per heavy atom. The van der Waals surface area contributed by atoms with E-state index in [1.54, 1.807) is 18.2 Å². The Labute approximate surface area is 116 Å². The van der Waals surface area contributed by atoms with Gasteiger partial charge in [0.05, 0.1) is 12.5 Å². The summed E-state index contributed by atoms with van der Waals surface area (Å²) in [4.78, 5) is 24.7. The first kappa shape index (κ1) is 14.3. The molecular formula is C14H17NO5. The van der Waals surface area contributed by atoms with Gasteiger partial charge < -0.3 is 20.2 Å². The fourth-order valence-electron chi connectivity index (χ4n) is 2.40. The van der Waals surface area contributed by atoms with Crippen molar-refractivity contribution in [2.45, 2.75) is 31.4 Å². The van der Waals surface area contributed by atoms with Crippen molar-refractivity contribution in [2.75, 3.05) is 6.54 Å². The number of phenolic OH excluding ortho intramolecular Hbond substituents is 1. The van der Waals surface area contributed by atoms with Gasteiger partial charge in [-0.2, -0.15) is 0 Å². The van der Waals surface area contributed by atoms with E-state index >= 15 is 0 Å². The number of carbonyl (C=O) groups is 2. The molecular weight excluding hydrogens is 262 g/mol. The predicted molar refractivity (Wildman–Crippen MR) is 70.2 cm³/mol. The molecule has 0 bridgehead atoms. The molecule has 1 aromatic rings. The maximum absolute atomic E-state index is 12.2. The number of carboxylic acids is 1. The van der Waals surface area contributed by atoms with Gasteiger partial charge in [-0.15, -0.1) is 0 Å². The average Bonchev–Trinajstić information content (AvgIpc) is 2.41. The van der Waals surface area contributed by atoms with E-state index in [0.717, 1.165) is 0 Å². The van der Waals surface area contributed by atoms with Gasteiger partial charge in [-0.05, 0) is 12.5 Å². The van der Waals surface area contributed by atoms with Gasteiger partial charge in [0.25, 0.3) is 0 Å². The van der Waals surface area contributed by atoms with Crippen molar-refractivity contribution in [3.63, 3.8) is 0 Å². The van der Waals surface area contributed by atoms with Crippen LogP contribution in [-0.4, -0.2) is 50.8 Å². The molecule has 1 aliphatic heterocycles. The van der Waals surface area contributed by atoms with Crippen LogP contribution in [0.15, 0.2) is 24.3 Å². The van der Waals surface area contributed by atoms with E-state index in [0.29, 0.717) is 12.0 Å². The van der Waals surface area contributed by atoms with E-state index in [4.69, 9.17) is 5.11 Å². The highest BCUT2D eigenvalue weighted by Gasteiger charge is 2.35. The maximum atomic E-state index is 12.2. The number of aliphatic hydroxyl groups is 1. The predicted octanol–water partition coefficient (Wildman–Crippen LogP) is 0.371. The van der Waals surface area contributed by atoms with Crippen molar-refractivity contribution >= 4 is 11.9 Å². The summed E-state index contributed by atoms with van der Waals surface area (Å²) in [7, 11) is 0. The Balaban J connectivity index is 2.11. The average molecular weight is 279 g/mol. The lowest BCUT2D eigenvalue weighted by Crippen LogP contribution is -2.51. The highest BCUT2D eigenvalue weighted by molar-refractivity contribution is 5.85. The van der Waals surface area contributed by atoms with Crippen molar-refractivity contribution in [1.29, 1.82) is 0 Å².